The minimum absolute atomic E-state index is 0.665. The molecule has 2 rings (SSSR count). The van der Waals surface area contributed by atoms with E-state index in [1.165, 1.54) is 5.56 Å². The Labute approximate surface area is 137 Å². The summed E-state index contributed by atoms with van der Waals surface area (Å²) in [5.74, 6) is 0.928. The number of nitrogens with one attached hydrogen (secondary N) is 2. The van der Waals surface area contributed by atoms with Gasteiger partial charge in [-0.15, -0.1) is 0 Å². The number of thiocarbonyl (C=S) groups is 1. The molecule has 0 aromatic heterocycles. The maximum atomic E-state index is 5.44. The fraction of sp³-hybridized carbons (Fsp3) is 0.278. The van der Waals surface area contributed by atoms with Crippen molar-refractivity contribution in [2.45, 2.75) is 19.8 Å². The summed E-state index contributed by atoms with van der Waals surface area (Å²) in [6.07, 6.45) is 2.05. The first kappa shape index (κ1) is 16.3. The van der Waals surface area contributed by atoms with Crippen LogP contribution in [0.1, 0.15) is 18.9 Å². The van der Waals surface area contributed by atoms with Crippen molar-refractivity contribution in [3.8, 4) is 5.75 Å². The zero-order valence-corrected chi connectivity index (χ0v) is 13.7. The maximum absolute atomic E-state index is 5.44. The third-order valence-electron chi connectivity index (χ3n) is 3.19. The average molecular weight is 314 g/mol. The molecule has 0 saturated carbocycles. The SMILES string of the molecule is CCOc1ccc(CCCNC(=S)Nc2ccccc2)cc1. The first-order valence-electron chi connectivity index (χ1n) is 7.59. The van der Waals surface area contributed by atoms with Crippen LogP contribution >= 0.6 is 12.2 Å². The molecule has 22 heavy (non-hydrogen) atoms. The predicted octanol–water partition coefficient (Wildman–Crippen LogP) is 4.00. The Kier molecular flexibility index (Phi) is 6.71. The topological polar surface area (TPSA) is 33.3 Å². The van der Waals surface area contributed by atoms with Crippen molar-refractivity contribution in [3.63, 3.8) is 0 Å². The maximum Gasteiger partial charge on any atom is 0.170 e. The molecular weight excluding hydrogens is 292 g/mol. The zero-order chi connectivity index (χ0) is 15.6. The molecule has 0 saturated heterocycles. The summed E-state index contributed by atoms with van der Waals surface area (Å²) < 4.78 is 5.44. The van der Waals surface area contributed by atoms with Crippen LogP contribution < -0.4 is 15.4 Å². The Morgan fingerprint density at radius 2 is 1.77 bits per heavy atom. The van der Waals surface area contributed by atoms with Crippen molar-refractivity contribution >= 4 is 23.0 Å². The summed E-state index contributed by atoms with van der Waals surface area (Å²) in [6, 6.07) is 18.2. The summed E-state index contributed by atoms with van der Waals surface area (Å²) in [4.78, 5) is 0. The van der Waals surface area contributed by atoms with Gasteiger partial charge in [0.05, 0.1) is 6.61 Å². The van der Waals surface area contributed by atoms with Gasteiger partial charge < -0.3 is 15.4 Å². The van der Waals surface area contributed by atoms with Gasteiger partial charge in [-0.2, -0.15) is 0 Å². The Bertz CT molecular complexity index is 569. The third kappa shape index (κ3) is 5.74. The minimum Gasteiger partial charge on any atom is -0.494 e. The molecule has 2 aromatic rings. The highest BCUT2D eigenvalue weighted by molar-refractivity contribution is 7.80. The quantitative estimate of drug-likeness (QED) is 0.598. The predicted molar refractivity (Wildman–Crippen MR) is 96.6 cm³/mol. The summed E-state index contributed by atoms with van der Waals surface area (Å²) in [5.41, 5.74) is 2.32. The number of aryl methyl sites for hydroxylation is 1. The number of benzene rings is 2. The fourth-order valence-electron chi connectivity index (χ4n) is 2.11. The van der Waals surface area contributed by atoms with Crippen molar-refractivity contribution in [3.05, 3.63) is 60.2 Å². The summed E-state index contributed by atoms with van der Waals surface area (Å²) >= 11 is 5.27. The second-order valence-electron chi connectivity index (χ2n) is 4.93. The molecule has 0 atom stereocenters. The number of anilines is 1. The van der Waals surface area contributed by atoms with E-state index in [-0.39, 0.29) is 0 Å². The number of rotatable bonds is 7. The van der Waals surface area contributed by atoms with Crippen LogP contribution in [0.2, 0.25) is 0 Å². The number of para-hydroxylation sites is 1. The molecule has 4 heteroatoms. The van der Waals surface area contributed by atoms with E-state index in [9.17, 15) is 0 Å². The minimum atomic E-state index is 0.665. The van der Waals surface area contributed by atoms with Crippen LogP contribution in [-0.2, 0) is 6.42 Å². The first-order valence-corrected chi connectivity index (χ1v) is 8.00. The highest BCUT2D eigenvalue weighted by Crippen LogP contribution is 2.13. The van der Waals surface area contributed by atoms with Crippen LogP contribution in [0.3, 0.4) is 0 Å². The van der Waals surface area contributed by atoms with Gasteiger partial charge in [-0.05, 0) is 61.8 Å². The van der Waals surface area contributed by atoms with Crippen LogP contribution in [0, 0.1) is 0 Å². The smallest absolute Gasteiger partial charge is 0.170 e. The van der Waals surface area contributed by atoms with Crippen LogP contribution in [0.15, 0.2) is 54.6 Å². The lowest BCUT2D eigenvalue weighted by Gasteiger charge is -2.10. The molecule has 0 heterocycles. The van der Waals surface area contributed by atoms with E-state index in [1.807, 2.05) is 49.4 Å². The normalized spacial score (nSPS) is 10.0. The van der Waals surface area contributed by atoms with E-state index >= 15 is 0 Å². The van der Waals surface area contributed by atoms with E-state index in [4.69, 9.17) is 17.0 Å². The van der Waals surface area contributed by atoms with Crippen LogP contribution in [-0.4, -0.2) is 18.3 Å². The lowest BCUT2D eigenvalue weighted by Crippen LogP contribution is -2.29. The summed E-state index contributed by atoms with van der Waals surface area (Å²) in [5, 5.41) is 7.06. The second-order valence-corrected chi connectivity index (χ2v) is 5.34. The Morgan fingerprint density at radius 3 is 2.45 bits per heavy atom. The average Bonchev–Trinajstić information content (AvgIpc) is 2.54. The molecule has 0 bridgehead atoms. The van der Waals surface area contributed by atoms with Crippen LogP contribution in [0.25, 0.3) is 0 Å². The monoisotopic (exact) mass is 314 g/mol. The Hall–Kier alpha value is -2.07. The van der Waals surface area contributed by atoms with Crippen LogP contribution in [0.5, 0.6) is 5.75 Å². The molecule has 2 N–H and O–H groups in total. The lowest BCUT2D eigenvalue weighted by atomic mass is 10.1. The third-order valence-corrected chi connectivity index (χ3v) is 3.44. The fourth-order valence-corrected chi connectivity index (χ4v) is 2.33. The van der Waals surface area contributed by atoms with E-state index in [0.29, 0.717) is 11.7 Å². The number of hydrogen-bond acceptors (Lipinski definition) is 2. The van der Waals surface area contributed by atoms with Crippen molar-refractivity contribution < 1.29 is 4.74 Å². The first-order chi connectivity index (χ1) is 10.8. The molecule has 0 amide bonds. The molecule has 0 radical (unpaired) electrons. The molecule has 0 aliphatic rings. The lowest BCUT2D eigenvalue weighted by molar-refractivity contribution is 0.340. The molecule has 0 aliphatic heterocycles. The largest absolute Gasteiger partial charge is 0.494 e. The second kappa shape index (κ2) is 9.05. The van der Waals surface area contributed by atoms with Gasteiger partial charge in [0.15, 0.2) is 5.11 Å². The van der Waals surface area contributed by atoms with E-state index in [1.54, 1.807) is 0 Å². The summed E-state index contributed by atoms with van der Waals surface area (Å²) in [7, 11) is 0. The number of hydrogen-bond donors (Lipinski definition) is 2. The molecule has 116 valence electrons. The van der Waals surface area contributed by atoms with Gasteiger partial charge in [-0.3, -0.25) is 0 Å². The molecule has 3 nitrogen and oxygen atoms in total. The van der Waals surface area contributed by atoms with Gasteiger partial charge in [0.25, 0.3) is 0 Å². The molecular formula is C18H22N2OS. The van der Waals surface area contributed by atoms with Gasteiger partial charge in [0.1, 0.15) is 5.75 Å². The molecule has 0 aliphatic carbocycles. The van der Waals surface area contributed by atoms with Crippen molar-refractivity contribution in [2.24, 2.45) is 0 Å². The highest BCUT2D eigenvalue weighted by Gasteiger charge is 1.98. The van der Waals surface area contributed by atoms with Crippen LogP contribution in [0.4, 0.5) is 5.69 Å². The van der Waals surface area contributed by atoms with Gasteiger partial charge in [0, 0.05) is 12.2 Å². The standard InChI is InChI=1S/C18H22N2OS/c1-2-21-17-12-10-15(11-13-17)7-6-14-19-18(22)20-16-8-4-3-5-9-16/h3-5,8-13H,2,6-7,14H2,1H3,(H2,19,20,22). The van der Waals surface area contributed by atoms with Gasteiger partial charge in [-0.25, -0.2) is 0 Å². The van der Waals surface area contributed by atoms with E-state index in [2.05, 4.69) is 22.8 Å². The molecule has 0 unspecified atom stereocenters. The Morgan fingerprint density at radius 1 is 1.05 bits per heavy atom. The van der Waals surface area contributed by atoms with E-state index in [0.717, 1.165) is 30.8 Å². The highest BCUT2D eigenvalue weighted by atomic mass is 32.1. The van der Waals surface area contributed by atoms with Crippen molar-refractivity contribution in [1.29, 1.82) is 0 Å². The zero-order valence-electron chi connectivity index (χ0n) is 12.8. The van der Waals surface area contributed by atoms with E-state index < -0.39 is 0 Å². The molecule has 2 aromatic carbocycles. The molecule has 0 fully saturated rings. The van der Waals surface area contributed by atoms with Gasteiger partial charge in [-0.1, -0.05) is 30.3 Å². The summed E-state index contributed by atoms with van der Waals surface area (Å²) in [6.45, 7) is 3.55. The van der Waals surface area contributed by atoms with Gasteiger partial charge >= 0.3 is 0 Å². The Balaban J connectivity index is 1.65. The van der Waals surface area contributed by atoms with Gasteiger partial charge in [0.2, 0.25) is 0 Å². The van der Waals surface area contributed by atoms with Crippen molar-refractivity contribution in [1.82, 2.24) is 5.32 Å². The molecule has 0 spiro atoms. The number of ether oxygens (including phenoxy) is 1. The van der Waals surface area contributed by atoms with Crippen molar-refractivity contribution in [2.75, 3.05) is 18.5 Å².